The Balaban J connectivity index is 1.94. The Morgan fingerprint density at radius 3 is 2.65 bits per heavy atom. The average molecular weight is 371 g/mol. The van der Waals surface area contributed by atoms with Crippen LogP contribution in [-0.2, 0) is 21.2 Å². The lowest BCUT2D eigenvalue weighted by molar-refractivity contribution is -0.116. The summed E-state index contributed by atoms with van der Waals surface area (Å²) in [7, 11) is -3.81. The summed E-state index contributed by atoms with van der Waals surface area (Å²) in [5.41, 5.74) is 1.64. The maximum absolute atomic E-state index is 12.5. The van der Waals surface area contributed by atoms with Crippen LogP contribution in [0.25, 0.3) is 0 Å². The van der Waals surface area contributed by atoms with Gasteiger partial charge in [-0.2, -0.15) is 0 Å². The summed E-state index contributed by atoms with van der Waals surface area (Å²) in [5.74, 6) is -0.0723. The van der Waals surface area contributed by atoms with Gasteiger partial charge in [0.1, 0.15) is 0 Å². The third-order valence-corrected chi connectivity index (χ3v) is 5.66. The Morgan fingerprint density at radius 1 is 1.09 bits per heavy atom. The standard InChI is InChI=1S/C15H12Cl2N2O3S/c16-11-2-1-3-13(15(11)17)19-23(21,22)10-5-6-12-9(8-10)4-7-14(20)18-12/h1-3,5-6,8,19H,4,7H2,(H,18,20). The quantitative estimate of drug-likeness (QED) is 0.864. The number of hydrogen-bond acceptors (Lipinski definition) is 3. The number of aryl methyl sites for hydroxylation is 1. The van der Waals surface area contributed by atoms with Crippen molar-refractivity contribution in [1.29, 1.82) is 0 Å². The molecule has 8 heteroatoms. The fourth-order valence-corrected chi connectivity index (χ4v) is 3.84. The van der Waals surface area contributed by atoms with Gasteiger partial charge in [0.25, 0.3) is 10.0 Å². The Bertz CT molecular complexity index is 898. The first-order valence-corrected chi connectivity index (χ1v) is 9.00. The molecular weight excluding hydrogens is 359 g/mol. The van der Waals surface area contributed by atoms with Crippen molar-refractivity contribution in [1.82, 2.24) is 0 Å². The van der Waals surface area contributed by atoms with Crippen molar-refractivity contribution < 1.29 is 13.2 Å². The first-order valence-electron chi connectivity index (χ1n) is 6.76. The molecule has 2 N–H and O–H groups in total. The summed E-state index contributed by atoms with van der Waals surface area (Å²) in [4.78, 5) is 11.4. The molecule has 0 aromatic heterocycles. The number of benzene rings is 2. The van der Waals surface area contributed by atoms with Crippen LogP contribution >= 0.6 is 23.2 Å². The van der Waals surface area contributed by atoms with E-state index in [1.54, 1.807) is 24.3 Å². The van der Waals surface area contributed by atoms with E-state index in [9.17, 15) is 13.2 Å². The van der Waals surface area contributed by atoms with Gasteiger partial charge < -0.3 is 5.32 Å². The van der Waals surface area contributed by atoms with Crippen LogP contribution in [-0.4, -0.2) is 14.3 Å². The summed E-state index contributed by atoms with van der Waals surface area (Å²) >= 11 is 11.9. The molecule has 0 aliphatic carbocycles. The molecule has 0 unspecified atom stereocenters. The molecule has 5 nitrogen and oxygen atoms in total. The number of halogens is 2. The van der Waals surface area contributed by atoms with Crippen molar-refractivity contribution in [2.24, 2.45) is 0 Å². The lowest BCUT2D eigenvalue weighted by atomic mass is 10.0. The van der Waals surface area contributed by atoms with Gasteiger partial charge in [0.2, 0.25) is 5.91 Å². The minimum Gasteiger partial charge on any atom is -0.326 e. The smallest absolute Gasteiger partial charge is 0.261 e. The summed E-state index contributed by atoms with van der Waals surface area (Å²) < 4.78 is 27.5. The van der Waals surface area contributed by atoms with E-state index in [0.29, 0.717) is 18.5 Å². The van der Waals surface area contributed by atoms with E-state index in [1.165, 1.54) is 12.1 Å². The third kappa shape index (κ3) is 3.29. The van der Waals surface area contributed by atoms with Crippen LogP contribution in [0.3, 0.4) is 0 Å². The highest BCUT2D eigenvalue weighted by atomic mass is 35.5. The molecule has 1 amide bonds. The van der Waals surface area contributed by atoms with Crippen molar-refractivity contribution >= 4 is 50.5 Å². The normalized spacial score (nSPS) is 14.1. The zero-order chi connectivity index (χ0) is 16.6. The van der Waals surface area contributed by atoms with Gasteiger partial charge in [-0.1, -0.05) is 29.3 Å². The lowest BCUT2D eigenvalue weighted by Gasteiger charge is -2.18. The SMILES string of the molecule is O=C1CCc2cc(S(=O)(=O)Nc3cccc(Cl)c3Cl)ccc2N1. The van der Waals surface area contributed by atoms with Gasteiger partial charge in [-0.25, -0.2) is 8.42 Å². The maximum Gasteiger partial charge on any atom is 0.261 e. The molecule has 1 heterocycles. The number of sulfonamides is 1. The second-order valence-electron chi connectivity index (χ2n) is 5.07. The Hall–Kier alpha value is -1.76. The minimum absolute atomic E-state index is 0.0723. The van der Waals surface area contributed by atoms with Crippen molar-refractivity contribution in [3.63, 3.8) is 0 Å². The molecule has 3 rings (SSSR count). The van der Waals surface area contributed by atoms with Gasteiger partial charge >= 0.3 is 0 Å². The van der Waals surface area contributed by atoms with Crippen molar-refractivity contribution in [2.75, 3.05) is 10.0 Å². The highest BCUT2D eigenvalue weighted by Crippen LogP contribution is 2.32. The van der Waals surface area contributed by atoms with Gasteiger partial charge in [0, 0.05) is 12.1 Å². The zero-order valence-electron chi connectivity index (χ0n) is 11.8. The largest absolute Gasteiger partial charge is 0.326 e. The molecular formula is C15H12Cl2N2O3S. The number of fused-ring (bicyclic) bond motifs is 1. The summed E-state index contributed by atoms with van der Waals surface area (Å²) in [5, 5.41) is 3.12. The van der Waals surface area contributed by atoms with E-state index in [2.05, 4.69) is 10.0 Å². The van der Waals surface area contributed by atoms with E-state index in [0.717, 1.165) is 5.56 Å². The van der Waals surface area contributed by atoms with E-state index in [4.69, 9.17) is 23.2 Å². The molecule has 1 aliphatic rings. The fourth-order valence-electron chi connectivity index (χ4n) is 2.31. The molecule has 0 saturated carbocycles. The number of hydrogen-bond donors (Lipinski definition) is 2. The highest BCUT2D eigenvalue weighted by Gasteiger charge is 2.21. The van der Waals surface area contributed by atoms with E-state index >= 15 is 0 Å². The number of anilines is 2. The Kier molecular flexibility index (Phi) is 4.23. The molecule has 2 aromatic rings. The van der Waals surface area contributed by atoms with Gasteiger partial charge in [0.15, 0.2) is 0 Å². The van der Waals surface area contributed by atoms with Crippen molar-refractivity contribution in [2.45, 2.75) is 17.7 Å². The first-order chi connectivity index (χ1) is 10.9. The number of carbonyl (C=O) groups excluding carboxylic acids is 1. The topological polar surface area (TPSA) is 75.3 Å². The third-order valence-electron chi connectivity index (χ3n) is 3.48. The summed E-state index contributed by atoms with van der Waals surface area (Å²) in [6, 6.07) is 9.28. The van der Waals surface area contributed by atoms with Crippen LogP contribution in [0.5, 0.6) is 0 Å². The molecule has 0 fully saturated rings. The molecule has 120 valence electrons. The number of carbonyl (C=O) groups is 1. The van der Waals surface area contributed by atoms with Crippen LogP contribution < -0.4 is 10.0 Å². The first kappa shape index (κ1) is 16.1. The van der Waals surface area contributed by atoms with Gasteiger partial charge in [0.05, 0.1) is 20.6 Å². The van der Waals surface area contributed by atoms with Crippen LogP contribution in [0.15, 0.2) is 41.3 Å². The van der Waals surface area contributed by atoms with Crippen molar-refractivity contribution in [3.8, 4) is 0 Å². The molecule has 23 heavy (non-hydrogen) atoms. The molecule has 0 saturated heterocycles. The van der Waals surface area contributed by atoms with Crippen LogP contribution in [0.4, 0.5) is 11.4 Å². The van der Waals surface area contributed by atoms with Crippen LogP contribution in [0, 0.1) is 0 Å². The molecule has 0 radical (unpaired) electrons. The monoisotopic (exact) mass is 370 g/mol. The van der Waals surface area contributed by atoms with E-state index in [-0.39, 0.29) is 26.5 Å². The summed E-state index contributed by atoms with van der Waals surface area (Å²) in [6.45, 7) is 0. The molecule has 2 aromatic carbocycles. The second-order valence-corrected chi connectivity index (χ2v) is 7.54. The van der Waals surface area contributed by atoms with Crippen molar-refractivity contribution in [3.05, 3.63) is 52.0 Å². The molecule has 0 spiro atoms. The Morgan fingerprint density at radius 2 is 1.87 bits per heavy atom. The number of nitrogens with one attached hydrogen (secondary N) is 2. The second kappa shape index (κ2) is 6.03. The minimum atomic E-state index is -3.81. The zero-order valence-corrected chi connectivity index (χ0v) is 14.1. The van der Waals surface area contributed by atoms with Crippen LogP contribution in [0.1, 0.15) is 12.0 Å². The highest BCUT2D eigenvalue weighted by molar-refractivity contribution is 7.92. The van der Waals surface area contributed by atoms with E-state index < -0.39 is 10.0 Å². The average Bonchev–Trinajstić information content (AvgIpc) is 2.51. The van der Waals surface area contributed by atoms with E-state index in [1.807, 2.05) is 0 Å². The number of amides is 1. The van der Waals surface area contributed by atoms with Gasteiger partial charge in [-0.15, -0.1) is 0 Å². The number of rotatable bonds is 3. The lowest BCUT2D eigenvalue weighted by Crippen LogP contribution is -2.20. The maximum atomic E-state index is 12.5. The van der Waals surface area contributed by atoms with Crippen LogP contribution in [0.2, 0.25) is 10.0 Å². The Labute approximate surface area is 143 Å². The predicted octanol–water partition coefficient (Wildman–Crippen LogP) is 3.68. The predicted molar refractivity (Wildman–Crippen MR) is 90.7 cm³/mol. The van der Waals surface area contributed by atoms with Gasteiger partial charge in [-0.05, 0) is 42.3 Å². The summed E-state index contributed by atoms with van der Waals surface area (Å²) in [6.07, 6.45) is 0.840. The molecule has 1 aliphatic heterocycles. The van der Waals surface area contributed by atoms with Gasteiger partial charge in [-0.3, -0.25) is 9.52 Å². The fraction of sp³-hybridized carbons (Fsp3) is 0.133. The molecule has 0 bridgehead atoms. The molecule has 0 atom stereocenters.